The van der Waals surface area contributed by atoms with Crippen molar-refractivity contribution >= 4 is 34.1 Å². The number of ether oxygens (including phenoxy) is 6. The van der Waals surface area contributed by atoms with Crippen molar-refractivity contribution in [1.82, 2.24) is 0 Å². The SMILES string of the molecule is COC(OC)c1c2c(O)c3c(O)c(C)c4c(c3c1O)C(=O)[C@@](C)(O/C=C/[C@H](OC)[C@@H](C)[C@@H](OC(C)=O)[C@H](C)[C@H](O)[C@H](C)[C@@H](O)[C@@H](C)/C=C/C=C(/C)C(=O)N2)O4. The molecule has 15 nitrogen and oxygen atoms in total. The maximum absolute atomic E-state index is 14.3. The first-order valence-electron chi connectivity index (χ1n) is 17.9. The Bertz CT molecular complexity index is 1900. The highest BCUT2D eigenvalue weighted by molar-refractivity contribution is 6.22. The van der Waals surface area contributed by atoms with Crippen LogP contribution in [-0.2, 0) is 33.3 Å². The fourth-order valence-corrected chi connectivity index (χ4v) is 7.31. The number of phenols is 3. The Kier molecular flexibility index (Phi) is 13.3. The number of Topliss-reactive ketones (excluding diaryl/α,β-unsaturated/α-hetero) is 1. The fourth-order valence-electron chi connectivity index (χ4n) is 7.31. The van der Waals surface area contributed by atoms with Gasteiger partial charge in [0.15, 0.2) is 12.0 Å². The molecule has 9 atom stereocenters. The molecule has 0 fully saturated rings. The molecule has 2 aromatic carbocycles. The van der Waals surface area contributed by atoms with E-state index in [4.69, 9.17) is 28.4 Å². The van der Waals surface area contributed by atoms with E-state index in [1.165, 1.54) is 67.4 Å². The Hall–Kier alpha value is -4.67. The topological polar surface area (TPSA) is 220 Å². The van der Waals surface area contributed by atoms with Crippen molar-refractivity contribution in [2.75, 3.05) is 26.6 Å². The molecule has 0 aromatic heterocycles. The van der Waals surface area contributed by atoms with Crippen molar-refractivity contribution in [3.8, 4) is 23.0 Å². The minimum atomic E-state index is -2.06. The minimum Gasteiger partial charge on any atom is -0.507 e. The first-order chi connectivity index (χ1) is 25.8. The Labute approximate surface area is 320 Å². The average molecular weight is 772 g/mol. The maximum Gasteiger partial charge on any atom is 0.312 e. The van der Waals surface area contributed by atoms with Gasteiger partial charge in [-0.1, -0.05) is 45.9 Å². The molecule has 15 heteroatoms. The third-order valence-electron chi connectivity index (χ3n) is 10.7. The van der Waals surface area contributed by atoms with Crippen LogP contribution in [0.2, 0.25) is 0 Å². The van der Waals surface area contributed by atoms with Crippen LogP contribution in [0, 0.1) is 30.6 Å². The number of phenolic OH excluding ortho intramolecular Hbond substituents is 3. The van der Waals surface area contributed by atoms with Crippen molar-refractivity contribution < 1.29 is 68.3 Å². The number of carbonyl (C=O) groups is 3. The van der Waals surface area contributed by atoms with Gasteiger partial charge in [-0.25, -0.2) is 0 Å². The van der Waals surface area contributed by atoms with Gasteiger partial charge < -0.3 is 59.3 Å². The predicted molar refractivity (Wildman–Crippen MR) is 201 cm³/mol. The van der Waals surface area contributed by atoms with Crippen LogP contribution in [0.15, 0.2) is 36.1 Å². The number of nitrogens with one attached hydrogen (secondary N) is 1. The van der Waals surface area contributed by atoms with Crippen molar-refractivity contribution in [2.45, 2.75) is 91.9 Å². The van der Waals surface area contributed by atoms with Gasteiger partial charge in [0.1, 0.15) is 23.4 Å². The zero-order chi connectivity index (χ0) is 41.3. The number of ketones is 1. The molecule has 55 heavy (non-hydrogen) atoms. The molecule has 0 saturated carbocycles. The Morgan fingerprint density at radius 2 is 1.53 bits per heavy atom. The molecule has 5 rings (SSSR count). The van der Waals surface area contributed by atoms with Gasteiger partial charge in [-0.05, 0) is 19.9 Å². The van der Waals surface area contributed by atoms with E-state index in [2.05, 4.69) is 5.32 Å². The van der Waals surface area contributed by atoms with E-state index in [0.717, 1.165) is 0 Å². The summed E-state index contributed by atoms with van der Waals surface area (Å²) in [5, 5.41) is 59.7. The van der Waals surface area contributed by atoms with E-state index >= 15 is 0 Å². The lowest BCUT2D eigenvalue weighted by Gasteiger charge is -2.38. The van der Waals surface area contributed by atoms with E-state index in [1.54, 1.807) is 39.8 Å². The van der Waals surface area contributed by atoms with Crippen LogP contribution in [0.3, 0.4) is 0 Å². The third kappa shape index (κ3) is 8.03. The van der Waals surface area contributed by atoms with Crippen molar-refractivity contribution in [2.24, 2.45) is 23.7 Å². The van der Waals surface area contributed by atoms with Crippen LogP contribution in [0.25, 0.3) is 10.8 Å². The second-order valence-corrected chi connectivity index (χ2v) is 14.4. The second-order valence-electron chi connectivity index (χ2n) is 14.4. The lowest BCUT2D eigenvalue weighted by atomic mass is 9.78. The molecule has 0 unspecified atom stereocenters. The van der Waals surface area contributed by atoms with Gasteiger partial charge in [0.05, 0.1) is 46.8 Å². The molecule has 3 aliphatic rings. The number of hydrogen-bond acceptors (Lipinski definition) is 14. The number of hydrogen-bond donors (Lipinski definition) is 6. The van der Waals surface area contributed by atoms with Gasteiger partial charge in [0.25, 0.3) is 11.7 Å². The Balaban J connectivity index is 1.98. The molecule has 302 valence electrons. The van der Waals surface area contributed by atoms with Gasteiger partial charge in [0, 0.05) is 75.4 Å². The number of benzene rings is 2. The molecule has 0 aliphatic carbocycles. The number of methoxy groups -OCH3 is 3. The van der Waals surface area contributed by atoms with Crippen LogP contribution < -0.4 is 10.1 Å². The molecule has 0 saturated heterocycles. The smallest absolute Gasteiger partial charge is 0.312 e. The number of allylic oxidation sites excluding steroid dienone is 2. The summed E-state index contributed by atoms with van der Waals surface area (Å²) in [6, 6.07) is 0. The van der Waals surface area contributed by atoms with E-state index in [9.17, 15) is 39.9 Å². The molecule has 6 N–H and O–H groups in total. The number of fused-ring (bicyclic) bond motifs is 14. The van der Waals surface area contributed by atoms with Crippen molar-refractivity contribution in [1.29, 1.82) is 0 Å². The number of aromatic hydroxyl groups is 3. The largest absolute Gasteiger partial charge is 0.507 e. The molecular weight excluding hydrogens is 718 g/mol. The van der Waals surface area contributed by atoms with E-state index < -0.39 is 95.1 Å². The Morgan fingerprint density at radius 3 is 2.11 bits per heavy atom. The summed E-state index contributed by atoms with van der Waals surface area (Å²) < 4.78 is 34.3. The fraction of sp³-hybridized carbons (Fsp3) is 0.525. The third-order valence-corrected chi connectivity index (χ3v) is 10.7. The van der Waals surface area contributed by atoms with Crippen LogP contribution in [0.4, 0.5) is 5.69 Å². The van der Waals surface area contributed by atoms with Crippen LogP contribution >= 0.6 is 0 Å². The highest BCUT2D eigenvalue weighted by atomic mass is 16.7. The molecule has 0 spiro atoms. The number of rotatable bonds is 5. The molecule has 2 aromatic rings. The average Bonchev–Trinajstić information content (AvgIpc) is 3.41. The number of amides is 1. The number of anilines is 1. The van der Waals surface area contributed by atoms with Crippen molar-refractivity contribution in [3.63, 3.8) is 0 Å². The maximum atomic E-state index is 14.3. The summed E-state index contributed by atoms with van der Waals surface area (Å²) in [6.07, 6.45) is 2.02. The first kappa shape index (κ1) is 43.1. The summed E-state index contributed by atoms with van der Waals surface area (Å²) >= 11 is 0. The lowest BCUT2D eigenvalue weighted by molar-refractivity contribution is -0.160. The van der Waals surface area contributed by atoms with E-state index in [0.29, 0.717) is 0 Å². The number of aliphatic hydroxyl groups is 2. The summed E-state index contributed by atoms with van der Waals surface area (Å²) in [4.78, 5) is 40.1. The molecule has 3 aliphatic heterocycles. The van der Waals surface area contributed by atoms with Crippen LogP contribution in [0.1, 0.15) is 76.2 Å². The van der Waals surface area contributed by atoms with Gasteiger partial charge in [-0.3, -0.25) is 14.4 Å². The van der Waals surface area contributed by atoms with Crippen LogP contribution in [-0.4, -0.2) is 94.7 Å². The van der Waals surface area contributed by atoms with Gasteiger partial charge in [-0.2, -0.15) is 0 Å². The summed E-state index contributed by atoms with van der Waals surface area (Å²) in [5.74, 6) is -8.72. The lowest BCUT2D eigenvalue weighted by Crippen LogP contribution is -2.46. The summed E-state index contributed by atoms with van der Waals surface area (Å²) in [6.45, 7) is 12.4. The molecule has 1 amide bonds. The zero-order valence-corrected chi connectivity index (χ0v) is 33.0. The zero-order valence-electron chi connectivity index (χ0n) is 33.0. The quantitative estimate of drug-likeness (QED) is 0.102. The minimum absolute atomic E-state index is 0.0272. The molecule has 3 heterocycles. The highest BCUT2D eigenvalue weighted by Crippen LogP contribution is 2.56. The van der Waals surface area contributed by atoms with E-state index in [1.807, 2.05) is 0 Å². The highest BCUT2D eigenvalue weighted by Gasteiger charge is 2.50. The van der Waals surface area contributed by atoms with Gasteiger partial charge >= 0.3 is 11.8 Å². The number of esters is 1. The Morgan fingerprint density at radius 1 is 0.891 bits per heavy atom. The normalized spacial score (nSPS) is 31.4. The molecule has 0 radical (unpaired) electrons. The second kappa shape index (κ2) is 17.0. The first-order valence-corrected chi connectivity index (χ1v) is 17.9. The van der Waals surface area contributed by atoms with Gasteiger partial charge in [-0.15, -0.1) is 0 Å². The molecule has 5 bridgehead atoms. The standard InChI is InChI=1S/C40H53NO14/c1-17-13-12-14-18(2)38(49)41-29-28(39(51-10)52-11)33(46)25-26(34(29)47)32(45)22(6)36-27(25)37(48)40(8,55-36)53-16-15-24(50-9)19(3)35(54-23(7)42)21(5)31(44)20(4)30(17)43/h12-17,19-21,24,30-31,35,39,43-47H,1-11H3,(H,41,49)/b13-12+,16-15+,18-14-/t17-,19+,20+,21+,24-,30-,31+,35+,40-/m0/s1. The predicted octanol–water partition coefficient (Wildman–Crippen LogP) is 5.05. The monoisotopic (exact) mass is 771 g/mol. The van der Waals surface area contributed by atoms with Crippen molar-refractivity contribution in [3.05, 3.63) is 52.8 Å². The van der Waals surface area contributed by atoms with Gasteiger partial charge in [0.2, 0.25) is 0 Å². The summed E-state index contributed by atoms with van der Waals surface area (Å²) in [5.41, 5.74) is -0.680. The summed E-state index contributed by atoms with van der Waals surface area (Å²) in [7, 11) is 3.94. The molecular formula is C40H53NO14. The number of aliphatic hydroxyl groups excluding tert-OH is 2. The van der Waals surface area contributed by atoms with Crippen LogP contribution in [0.5, 0.6) is 23.0 Å². The van der Waals surface area contributed by atoms with E-state index in [-0.39, 0.29) is 44.5 Å². The number of carbonyl (C=O) groups excluding carboxylic acids is 3.